The molecule has 1 aromatic carbocycles. The summed E-state index contributed by atoms with van der Waals surface area (Å²) in [7, 11) is 0. The van der Waals surface area contributed by atoms with Gasteiger partial charge in [-0.3, -0.25) is 15.0 Å². The Kier molecular flexibility index (Phi) is 9.75. The van der Waals surface area contributed by atoms with Gasteiger partial charge in [-0.05, 0) is 25.5 Å². The molecule has 1 fully saturated rings. The van der Waals surface area contributed by atoms with Gasteiger partial charge < -0.3 is 14.2 Å². The Morgan fingerprint density at radius 2 is 2.07 bits per heavy atom. The summed E-state index contributed by atoms with van der Waals surface area (Å²) >= 11 is 0. The van der Waals surface area contributed by atoms with Crippen LogP contribution in [0.25, 0.3) is 0 Å². The summed E-state index contributed by atoms with van der Waals surface area (Å²) < 4.78 is 29.8. The number of morpholine rings is 1. The van der Waals surface area contributed by atoms with Crippen LogP contribution in [0.4, 0.5) is 4.39 Å². The van der Waals surface area contributed by atoms with E-state index in [4.69, 9.17) is 14.2 Å². The molecule has 0 radical (unpaired) electrons. The fraction of sp³-hybridized carbons (Fsp3) is 0.579. The van der Waals surface area contributed by atoms with Gasteiger partial charge in [-0.15, -0.1) is 0 Å². The molecule has 1 aromatic rings. The lowest BCUT2D eigenvalue weighted by molar-refractivity contribution is 0.0377. The average Bonchev–Trinajstić information content (AvgIpc) is 2.69. The zero-order valence-corrected chi connectivity index (χ0v) is 15.8. The van der Waals surface area contributed by atoms with E-state index >= 15 is 0 Å². The maximum absolute atomic E-state index is 13.8. The van der Waals surface area contributed by atoms with Gasteiger partial charge in [0.25, 0.3) is 11.9 Å². The van der Waals surface area contributed by atoms with Crippen molar-refractivity contribution in [3.8, 4) is 0 Å². The summed E-state index contributed by atoms with van der Waals surface area (Å²) in [5.41, 5.74) is -0.0491. The minimum atomic E-state index is -0.587. The predicted octanol–water partition coefficient (Wildman–Crippen LogP) is 1.69. The van der Waals surface area contributed by atoms with E-state index in [0.29, 0.717) is 19.8 Å². The zero-order valence-electron chi connectivity index (χ0n) is 15.8. The number of amides is 1. The van der Waals surface area contributed by atoms with E-state index < -0.39 is 11.7 Å². The van der Waals surface area contributed by atoms with E-state index in [2.05, 4.69) is 15.2 Å². The maximum Gasteiger partial charge on any atom is 0.291 e. The van der Waals surface area contributed by atoms with Crippen LogP contribution < -0.4 is 5.32 Å². The van der Waals surface area contributed by atoms with E-state index in [0.717, 1.165) is 39.3 Å². The quantitative estimate of drug-likeness (QED) is 0.400. The zero-order chi connectivity index (χ0) is 19.3. The second-order valence-electron chi connectivity index (χ2n) is 5.97. The van der Waals surface area contributed by atoms with Crippen molar-refractivity contribution in [2.75, 3.05) is 59.2 Å². The molecule has 2 rings (SSSR count). The van der Waals surface area contributed by atoms with Gasteiger partial charge in [0.05, 0.1) is 25.4 Å². The van der Waals surface area contributed by atoms with Crippen molar-refractivity contribution < 1.29 is 23.4 Å². The molecule has 0 aliphatic carbocycles. The SMILES string of the molecule is CCOCCOC(=NCCCN1CCOCC1)NC(=O)c1ccccc1F. The smallest absolute Gasteiger partial charge is 0.291 e. The lowest BCUT2D eigenvalue weighted by atomic mass is 10.2. The van der Waals surface area contributed by atoms with Crippen LogP contribution in [0.3, 0.4) is 0 Å². The molecule has 8 heteroatoms. The van der Waals surface area contributed by atoms with Crippen molar-refractivity contribution in [3.63, 3.8) is 0 Å². The minimum Gasteiger partial charge on any atom is -0.463 e. The van der Waals surface area contributed by atoms with Crippen LogP contribution >= 0.6 is 0 Å². The molecule has 1 N–H and O–H groups in total. The van der Waals surface area contributed by atoms with Crippen molar-refractivity contribution in [1.29, 1.82) is 0 Å². The Morgan fingerprint density at radius 3 is 2.81 bits per heavy atom. The number of aliphatic imine (C=N–C) groups is 1. The fourth-order valence-electron chi connectivity index (χ4n) is 2.57. The molecule has 1 heterocycles. The van der Waals surface area contributed by atoms with Crippen LogP contribution in [-0.2, 0) is 14.2 Å². The van der Waals surface area contributed by atoms with Crippen LogP contribution in [0.1, 0.15) is 23.7 Å². The van der Waals surface area contributed by atoms with Gasteiger partial charge >= 0.3 is 0 Å². The van der Waals surface area contributed by atoms with Crippen LogP contribution in [0.2, 0.25) is 0 Å². The number of ether oxygens (including phenoxy) is 3. The highest BCUT2D eigenvalue weighted by molar-refractivity contribution is 6.04. The van der Waals surface area contributed by atoms with Crippen molar-refractivity contribution in [2.24, 2.45) is 4.99 Å². The van der Waals surface area contributed by atoms with Gasteiger partial charge in [0.15, 0.2) is 0 Å². The molecule has 0 atom stereocenters. The number of carbonyl (C=O) groups is 1. The van der Waals surface area contributed by atoms with E-state index in [1.807, 2.05) is 6.92 Å². The van der Waals surface area contributed by atoms with Gasteiger partial charge in [0.1, 0.15) is 12.4 Å². The van der Waals surface area contributed by atoms with Crippen LogP contribution in [0, 0.1) is 5.82 Å². The molecular formula is C19H28FN3O4. The third kappa shape index (κ3) is 8.03. The lowest BCUT2D eigenvalue weighted by Crippen LogP contribution is -2.37. The average molecular weight is 381 g/mol. The predicted molar refractivity (Wildman–Crippen MR) is 100 cm³/mol. The monoisotopic (exact) mass is 381 g/mol. The first-order valence-corrected chi connectivity index (χ1v) is 9.31. The summed E-state index contributed by atoms with van der Waals surface area (Å²) in [5, 5.41) is 2.55. The first-order chi connectivity index (χ1) is 13.2. The molecule has 7 nitrogen and oxygen atoms in total. The lowest BCUT2D eigenvalue weighted by Gasteiger charge is -2.26. The number of rotatable bonds is 9. The Labute approximate surface area is 159 Å². The number of amidine groups is 1. The topological polar surface area (TPSA) is 72.4 Å². The third-order valence-corrected chi connectivity index (χ3v) is 4.00. The number of nitrogens with zero attached hydrogens (tertiary/aromatic N) is 2. The van der Waals surface area contributed by atoms with Gasteiger partial charge in [-0.1, -0.05) is 12.1 Å². The second kappa shape index (κ2) is 12.4. The van der Waals surface area contributed by atoms with Crippen molar-refractivity contribution in [2.45, 2.75) is 13.3 Å². The van der Waals surface area contributed by atoms with E-state index in [1.165, 1.54) is 18.2 Å². The summed E-state index contributed by atoms with van der Waals surface area (Å²) in [6, 6.07) is 5.88. The Bertz CT molecular complexity index is 606. The summed E-state index contributed by atoms with van der Waals surface area (Å²) in [4.78, 5) is 18.9. The molecular weight excluding hydrogens is 353 g/mol. The van der Waals surface area contributed by atoms with Gasteiger partial charge in [0, 0.05) is 32.8 Å². The highest BCUT2D eigenvalue weighted by Crippen LogP contribution is 2.06. The molecule has 1 aliphatic heterocycles. The number of hydrogen-bond acceptors (Lipinski definition) is 6. The molecule has 0 saturated carbocycles. The molecule has 1 saturated heterocycles. The molecule has 0 aromatic heterocycles. The highest BCUT2D eigenvalue weighted by atomic mass is 19.1. The Hall–Kier alpha value is -2.03. The van der Waals surface area contributed by atoms with Crippen molar-refractivity contribution in [1.82, 2.24) is 10.2 Å². The van der Waals surface area contributed by atoms with Crippen LogP contribution in [0.15, 0.2) is 29.3 Å². The maximum atomic E-state index is 13.8. The molecule has 150 valence electrons. The van der Waals surface area contributed by atoms with E-state index in [9.17, 15) is 9.18 Å². The Balaban J connectivity index is 1.86. The standard InChI is InChI=1S/C19H28FN3O4/c1-2-25-14-15-27-19(21-8-5-9-23-10-12-26-13-11-23)22-18(24)16-6-3-4-7-17(16)20/h3-4,6-7H,2,5,8-15H2,1H3,(H,21,22,24). The van der Waals surface area contributed by atoms with Crippen molar-refractivity contribution >= 4 is 11.9 Å². The van der Waals surface area contributed by atoms with E-state index in [1.54, 1.807) is 6.07 Å². The van der Waals surface area contributed by atoms with Gasteiger partial charge in [0.2, 0.25) is 0 Å². The molecule has 0 bridgehead atoms. The molecule has 1 amide bonds. The summed E-state index contributed by atoms with van der Waals surface area (Å²) in [5.74, 6) is -1.17. The van der Waals surface area contributed by atoms with Crippen LogP contribution in [0.5, 0.6) is 0 Å². The summed E-state index contributed by atoms with van der Waals surface area (Å²) in [6.07, 6.45) is 0.827. The molecule has 27 heavy (non-hydrogen) atoms. The van der Waals surface area contributed by atoms with Crippen molar-refractivity contribution in [3.05, 3.63) is 35.6 Å². The molecule has 1 aliphatic rings. The first-order valence-electron chi connectivity index (χ1n) is 9.31. The first kappa shape index (κ1) is 21.3. The number of carbonyl (C=O) groups excluding carboxylic acids is 1. The van der Waals surface area contributed by atoms with Gasteiger partial charge in [-0.25, -0.2) is 9.38 Å². The van der Waals surface area contributed by atoms with E-state index in [-0.39, 0.29) is 18.2 Å². The molecule has 0 spiro atoms. The highest BCUT2D eigenvalue weighted by Gasteiger charge is 2.14. The minimum absolute atomic E-state index is 0.0491. The number of halogens is 1. The number of benzene rings is 1. The number of nitrogens with one attached hydrogen (secondary N) is 1. The summed E-state index contributed by atoms with van der Waals surface area (Å²) in [6.45, 7) is 7.88. The van der Waals surface area contributed by atoms with Crippen LogP contribution in [-0.4, -0.2) is 76.0 Å². The van der Waals surface area contributed by atoms with Gasteiger partial charge in [-0.2, -0.15) is 0 Å². The Morgan fingerprint density at radius 1 is 1.30 bits per heavy atom. The number of hydrogen-bond donors (Lipinski definition) is 1. The third-order valence-electron chi connectivity index (χ3n) is 4.00. The molecule has 0 unspecified atom stereocenters. The second-order valence-corrected chi connectivity index (χ2v) is 5.97. The normalized spacial score (nSPS) is 15.6. The largest absolute Gasteiger partial charge is 0.463 e. The fourth-order valence-corrected chi connectivity index (χ4v) is 2.57.